The summed E-state index contributed by atoms with van der Waals surface area (Å²) in [5.41, 5.74) is 7.09. The van der Waals surface area contributed by atoms with Crippen molar-refractivity contribution in [2.24, 2.45) is 11.8 Å². The minimum Gasteiger partial charge on any atom is -0.449 e. The normalized spacial score (nSPS) is 14.5. The van der Waals surface area contributed by atoms with Gasteiger partial charge in [0.25, 0.3) is 0 Å². The Morgan fingerprint density at radius 2 is 2.14 bits per heavy atom. The molecule has 29 heavy (non-hydrogen) atoms. The second-order valence-corrected chi connectivity index (χ2v) is 7.59. The van der Waals surface area contributed by atoms with Crippen LogP contribution in [0.3, 0.4) is 0 Å². The first-order chi connectivity index (χ1) is 14.0. The number of terminal acetylenes is 1. The van der Waals surface area contributed by atoms with Crippen LogP contribution >= 0.6 is 0 Å². The van der Waals surface area contributed by atoms with Crippen LogP contribution in [0.5, 0.6) is 0 Å². The molecular weight excluding hydrogens is 368 g/mol. The van der Waals surface area contributed by atoms with Gasteiger partial charge in [-0.25, -0.2) is 19.7 Å². The lowest BCUT2D eigenvalue weighted by molar-refractivity contribution is 0.0794. The highest BCUT2D eigenvalue weighted by molar-refractivity contribution is 5.82. The second-order valence-electron chi connectivity index (χ2n) is 7.59. The number of ether oxygens (including phenoxy) is 1. The van der Waals surface area contributed by atoms with Crippen molar-refractivity contribution >= 4 is 23.1 Å². The maximum atomic E-state index is 12.0. The lowest BCUT2D eigenvalue weighted by Crippen LogP contribution is -2.39. The van der Waals surface area contributed by atoms with Crippen LogP contribution in [-0.2, 0) is 11.3 Å². The van der Waals surface area contributed by atoms with Crippen LogP contribution in [0.2, 0.25) is 0 Å². The summed E-state index contributed by atoms with van der Waals surface area (Å²) in [6.45, 7) is 6.26. The highest BCUT2D eigenvalue weighted by atomic mass is 16.6. The molecule has 8 heteroatoms. The zero-order valence-corrected chi connectivity index (χ0v) is 16.9. The Bertz CT molecular complexity index is 971. The van der Waals surface area contributed by atoms with Crippen LogP contribution in [0, 0.1) is 36.0 Å². The van der Waals surface area contributed by atoms with Crippen LogP contribution in [0.15, 0.2) is 6.33 Å². The number of likely N-dealkylation sites (tertiary alicyclic amines) is 1. The molecule has 0 aliphatic carbocycles. The standard InChI is InChI=1S/C21H26N6O2/c1-4-10-27-14-23-18-19(22)24-17(25-20(18)27)7-5-6-16-8-11-26(12-9-16)21(28)29-13-15(2)3/h1,14-16H,6,8-13H2,2-3H3,(H2,22,24,25). The van der Waals surface area contributed by atoms with E-state index in [1.54, 1.807) is 15.8 Å². The van der Waals surface area contributed by atoms with Gasteiger partial charge in [-0.3, -0.25) is 0 Å². The molecule has 0 atom stereocenters. The Kier molecular flexibility index (Phi) is 6.56. The van der Waals surface area contributed by atoms with E-state index < -0.39 is 0 Å². The number of nitrogens with two attached hydrogens (primary N) is 1. The molecule has 2 aromatic rings. The Hall–Kier alpha value is -3.26. The third-order valence-electron chi connectivity index (χ3n) is 4.76. The van der Waals surface area contributed by atoms with Gasteiger partial charge in [0.1, 0.15) is 5.52 Å². The quantitative estimate of drug-likeness (QED) is 0.799. The Balaban J connectivity index is 1.56. The Morgan fingerprint density at radius 3 is 2.83 bits per heavy atom. The van der Waals surface area contributed by atoms with Gasteiger partial charge in [0.05, 0.1) is 19.5 Å². The number of hydrogen-bond acceptors (Lipinski definition) is 6. The molecule has 0 saturated carbocycles. The molecule has 1 amide bonds. The zero-order valence-electron chi connectivity index (χ0n) is 16.9. The van der Waals surface area contributed by atoms with Gasteiger partial charge in [0, 0.05) is 19.5 Å². The highest BCUT2D eigenvalue weighted by Gasteiger charge is 2.23. The number of piperidine rings is 1. The molecular formula is C21H26N6O2. The van der Waals surface area contributed by atoms with Gasteiger partial charge in [-0.15, -0.1) is 6.42 Å². The molecule has 3 heterocycles. The molecule has 3 rings (SSSR count). The molecule has 1 aliphatic rings. The van der Waals surface area contributed by atoms with E-state index in [1.807, 2.05) is 13.8 Å². The lowest BCUT2D eigenvalue weighted by atomic mass is 9.94. The van der Waals surface area contributed by atoms with Gasteiger partial charge in [0.15, 0.2) is 11.5 Å². The molecule has 8 nitrogen and oxygen atoms in total. The molecule has 1 saturated heterocycles. The summed E-state index contributed by atoms with van der Waals surface area (Å²) in [5, 5.41) is 0. The van der Waals surface area contributed by atoms with E-state index in [2.05, 4.69) is 32.7 Å². The molecule has 0 unspecified atom stereocenters. The maximum Gasteiger partial charge on any atom is 0.409 e. The fourth-order valence-electron chi connectivity index (χ4n) is 3.16. The fraction of sp³-hybridized carbons (Fsp3) is 0.524. The summed E-state index contributed by atoms with van der Waals surface area (Å²) in [6, 6.07) is 0. The third-order valence-corrected chi connectivity index (χ3v) is 4.76. The van der Waals surface area contributed by atoms with Crippen LogP contribution in [0.1, 0.15) is 38.9 Å². The number of nitrogen functional groups attached to an aromatic ring is 1. The van der Waals surface area contributed by atoms with Crippen LogP contribution in [0.25, 0.3) is 11.2 Å². The number of fused-ring (bicyclic) bond motifs is 1. The van der Waals surface area contributed by atoms with Crippen molar-refractivity contribution in [3.05, 3.63) is 12.2 Å². The molecule has 2 aromatic heterocycles. The molecule has 1 aliphatic heterocycles. The first-order valence-electron chi connectivity index (χ1n) is 9.80. The van der Waals surface area contributed by atoms with Crippen molar-refractivity contribution in [1.82, 2.24) is 24.4 Å². The fourth-order valence-corrected chi connectivity index (χ4v) is 3.16. The van der Waals surface area contributed by atoms with Crippen LogP contribution < -0.4 is 5.73 Å². The zero-order chi connectivity index (χ0) is 20.8. The molecule has 0 aromatic carbocycles. The molecule has 0 bridgehead atoms. The summed E-state index contributed by atoms with van der Waals surface area (Å²) in [4.78, 5) is 26.7. The predicted molar refractivity (Wildman–Crippen MR) is 111 cm³/mol. The maximum absolute atomic E-state index is 12.0. The first kappa shape index (κ1) is 20.5. The van der Waals surface area contributed by atoms with Crippen molar-refractivity contribution in [2.75, 3.05) is 25.4 Å². The SMILES string of the molecule is C#CCn1cnc2c(N)nc(C#CCC3CCN(C(=O)OCC(C)C)CC3)nc21. The number of hydrogen-bond donors (Lipinski definition) is 1. The van der Waals surface area contributed by atoms with Gasteiger partial charge >= 0.3 is 6.09 Å². The van der Waals surface area contributed by atoms with E-state index in [-0.39, 0.29) is 6.09 Å². The largest absolute Gasteiger partial charge is 0.449 e. The van der Waals surface area contributed by atoms with Gasteiger partial charge in [-0.1, -0.05) is 25.7 Å². The highest BCUT2D eigenvalue weighted by Crippen LogP contribution is 2.21. The summed E-state index contributed by atoms with van der Waals surface area (Å²) in [7, 11) is 0. The smallest absolute Gasteiger partial charge is 0.409 e. The number of nitrogens with zero attached hydrogens (tertiary/aromatic N) is 5. The number of aromatic nitrogens is 4. The Labute approximate surface area is 170 Å². The average Bonchev–Trinajstić information content (AvgIpc) is 3.10. The number of carbonyl (C=O) groups excluding carboxylic acids is 1. The lowest BCUT2D eigenvalue weighted by Gasteiger charge is -2.30. The molecule has 0 spiro atoms. The molecule has 152 valence electrons. The number of carbonyl (C=O) groups is 1. The van der Waals surface area contributed by atoms with E-state index in [0.29, 0.717) is 60.9 Å². The van der Waals surface area contributed by atoms with Gasteiger partial charge in [0.2, 0.25) is 5.82 Å². The molecule has 0 radical (unpaired) electrons. The predicted octanol–water partition coefficient (Wildman–Crippen LogP) is 2.29. The molecule has 1 fully saturated rings. The third kappa shape index (κ3) is 5.17. The van der Waals surface area contributed by atoms with Gasteiger partial charge < -0.3 is 19.9 Å². The molecule has 2 N–H and O–H groups in total. The monoisotopic (exact) mass is 394 g/mol. The number of anilines is 1. The van der Waals surface area contributed by atoms with Crippen LogP contribution in [-0.4, -0.2) is 50.2 Å². The van der Waals surface area contributed by atoms with Crippen molar-refractivity contribution in [2.45, 2.75) is 39.7 Å². The van der Waals surface area contributed by atoms with Crippen molar-refractivity contribution in [3.8, 4) is 24.2 Å². The summed E-state index contributed by atoms with van der Waals surface area (Å²) < 4.78 is 7.04. The topological polar surface area (TPSA) is 99.2 Å². The van der Waals surface area contributed by atoms with E-state index in [4.69, 9.17) is 16.9 Å². The number of imidazole rings is 1. The Morgan fingerprint density at radius 1 is 1.38 bits per heavy atom. The van der Waals surface area contributed by atoms with E-state index in [1.165, 1.54) is 0 Å². The summed E-state index contributed by atoms with van der Waals surface area (Å²) >= 11 is 0. The summed E-state index contributed by atoms with van der Waals surface area (Å²) in [6.07, 6.45) is 9.29. The number of amides is 1. The number of rotatable bonds is 4. The minimum atomic E-state index is -0.219. The van der Waals surface area contributed by atoms with E-state index >= 15 is 0 Å². The van der Waals surface area contributed by atoms with E-state index in [0.717, 1.165) is 19.3 Å². The van der Waals surface area contributed by atoms with Crippen molar-refractivity contribution in [1.29, 1.82) is 0 Å². The summed E-state index contributed by atoms with van der Waals surface area (Å²) in [5.74, 6) is 10.2. The van der Waals surface area contributed by atoms with Crippen molar-refractivity contribution in [3.63, 3.8) is 0 Å². The van der Waals surface area contributed by atoms with E-state index in [9.17, 15) is 4.79 Å². The van der Waals surface area contributed by atoms with Crippen molar-refractivity contribution < 1.29 is 9.53 Å². The minimum absolute atomic E-state index is 0.219. The van der Waals surface area contributed by atoms with Gasteiger partial charge in [-0.05, 0) is 30.6 Å². The first-order valence-corrected chi connectivity index (χ1v) is 9.80. The van der Waals surface area contributed by atoms with Crippen LogP contribution in [0.4, 0.5) is 10.6 Å². The second kappa shape index (κ2) is 9.29. The van der Waals surface area contributed by atoms with Gasteiger partial charge in [-0.2, -0.15) is 0 Å². The average molecular weight is 394 g/mol.